The van der Waals surface area contributed by atoms with Gasteiger partial charge in [0.15, 0.2) is 0 Å². The van der Waals surface area contributed by atoms with Crippen LogP contribution in [-0.2, 0) is 0 Å². The van der Waals surface area contributed by atoms with Crippen molar-refractivity contribution in [3.63, 3.8) is 0 Å². The van der Waals surface area contributed by atoms with E-state index in [9.17, 15) is 63.5 Å². The molecule has 1 fully saturated rings. The van der Waals surface area contributed by atoms with Gasteiger partial charge in [-0.2, -0.15) is 43.9 Å². The van der Waals surface area contributed by atoms with E-state index in [4.69, 9.17) is 0 Å². The van der Waals surface area contributed by atoms with E-state index < -0.39 is 64.0 Å². The van der Waals surface area contributed by atoms with Gasteiger partial charge < -0.3 is 5.11 Å². The largest absolute Gasteiger partial charge is 0.388 e. The van der Waals surface area contributed by atoms with Gasteiger partial charge in [-0.1, -0.05) is 12.1 Å². The van der Waals surface area contributed by atoms with Crippen molar-refractivity contribution < 1.29 is 58.3 Å². The molecule has 1 aromatic carbocycles. The molecule has 4 nitrogen and oxygen atoms in total. The van der Waals surface area contributed by atoms with Crippen molar-refractivity contribution in [3.05, 3.63) is 39.9 Å². The Hall–Kier alpha value is -2.19. The number of aliphatic hydroxyl groups is 1. The molecule has 164 valence electrons. The van der Waals surface area contributed by atoms with Crippen molar-refractivity contribution in [2.45, 2.75) is 47.8 Å². The van der Waals surface area contributed by atoms with Crippen LogP contribution in [0.2, 0.25) is 0 Å². The standard InChI is InChI=1S/C14H8F11NO3/c15-9(5-8(27)6-2-1-3-7(4-6)26(28)29)10(16,17)12(20,21)14(24,25)13(22,23)11(9,18)19/h1-4,8,27H,5H2. The number of hydrogen-bond donors (Lipinski definition) is 1. The topological polar surface area (TPSA) is 63.4 Å². The molecule has 0 spiro atoms. The maximum atomic E-state index is 14.6. The zero-order valence-corrected chi connectivity index (χ0v) is 13.5. The first-order valence-electron chi connectivity index (χ1n) is 7.30. The Bertz CT molecular complexity index is 797. The van der Waals surface area contributed by atoms with E-state index in [-0.39, 0.29) is 0 Å². The number of halogens is 11. The minimum atomic E-state index is -7.35. The second kappa shape index (κ2) is 6.15. The Morgan fingerprint density at radius 2 is 1.24 bits per heavy atom. The Kier molecular flexibility index (Phi) is 4.90. The fraction of sp³-hybridized carbons (Fsp3) is 0.571. The summed E-state index contributed by atoms with van der Waals surface area (Å²) >= 11 is 0. The van der Waals surface area contributed by atoms with E-state index in [1.165, 1.54) is 0 Å². The fourth-order valence-corrected chi connectivity index (χ4v) is 2.77. The minimum Gasteiger partial charge on any atom is -0.388 e. The van der Waals surface area contributed by atoms with Gasteiger partial charge in [0, 0.05) is 18.6 Å². The van der Waals surface area contributed by atoms with Gasteiger partial charge in [0.25, 0.3) is 11.4 Å². The monoisotopic (exact) mass is 447 g/mol. The van der Waals surface area contributed by atoms with Gasteiger partial charge in [0.05, 0.1) is 11.0 Å². The first kappa shape index (κ1) is 23.1. The van der Waals surface area contributed by atoms with Gasteiger partial charge in [-0.25, -0.2) is 4.39 Å². The molecule has 15 heteroatoms. The SMILES string of the molecule is O=[N+]([O-])c1cccc(C(O)CC2(F)C(F)(F)C(F)(F)C(F)(F)C(F)(F)C2(F)F)c1. The lowest BCUT2D eigenvalue weighted by Gasteiger charge is -2.52. The molecule has 0 radical (unpaired) electrons. The highest BCUT2D eigenvalue weighted by molar-refractivity contribution is 5.36. The molecule has 1 N–H and O–H groups in total. The molecule has 0 saturated heterocycles. The number of nitro benzene ring substituents is 1. The molecule has 1 aliphatic rings. The first-order chi connectivity index (χ1) is 12.8. The third-order valence-electron chi connectivity index (χ3n) is 4.51. The molecule has 0 amide bonds. The van der Waals surface area contributed by atoms with Gasteiger partial charge >= 0.3 is 29.6 Å². The van der Waals surface area contributed by atoms with E-state index in [2.05, 4.69) is 0 Å². The summed E-state index contributed by atoms with van der Waals surface area (Å²) in [6, 6.07) is 2.44. The van der Waals surface area contributed by atoms with Crippen LogP contribution in [-0.4, -0.2) is 45.3 Å². The summed E-state index contributed by atoms with van der Waals surface area (Å²) in [5.41, 5.74) is -8.22. The lowest BCUT2D eigenvalue weighted by Crippen LogP contribution is -2.83. The highest BCUT2D eigenvalue weighted by Crippen LogP contribution is 2.70. The van der Waals surface area contributed by atoms with Crippen molar-refractivity contribution in [3.8, 4) is 0 Å². The lowest BCUT2D eigenvalue weighted by atomic mass is 9.69. The van der Waals surface area contributed by atoms with Crippen LogP contribution in [0, 0.1) is 10.1 Å². The maximum absolute atomic E-state index is 14.6. The predicted molar refractivity (Wildman–Crippen MR) is 71.2 cm³/mol. The Balaban J connectivity index is 2.62. The van der Waals surface area contributed by atoms with Gasteiger partial charge in [-0.3, -0.25) is 10.1 Å². The quantitative estimate of drug-likeness (QED) is 0.405. The van der Waals surface area contributed by atoms with Crippen molar-refractivity contribution in [1.29, 1.82) is 0 Å². The molecular formula is C14H8F11NO3. The number of nitrogens with zero attached hydrogens (tertiary/aromatic N) is 1. The molecule has 1 unspecified atom stereocenters. The van der Waals surface area contributed by atoms with Crippen LogP contribution in [0.4, 0.5) is 54.0 Å². The van der Waals surface area contributed by atoms with Crippen LogP contribution in [0.5, 0.6) is 0 Å². The summed E-state index contributed by atoms with van der Waals surface area (Å²) in [5.74, 6) is -36.0. The Labute approximate surface area is 153 Å². The van der Waals surface area contributed by atoms with E-state index >= 15 is 0 Å². The molecule has 1 saturated carbocycles. The minimum absolute atomic E-state index is 0.331. The summed E-state index contributed by atoms with van der Waals surface area (Å²) in [4.78, 5) is 9.47. The lowest BCUT2D eigenvalue weighted by molar-refractivity contribution is -0.487. The third-order valence-corrected chi connectivity index (χ3v) is 4.51. The number of aliphatic hydroxyl groups excluding tert-OH is 1. The Morgan fingerprint density at radius 3 is 1.66 bits per heavy atom. The molecule has 2 rings (SSSR count). The second-order valence-corrected chi connectivity index (χ2v) is 6.25. The second-order valence-electron chi connectivity index (χ2n) is 6.25. The number of nitro groups is 1. The average molecular weight is 447 g/mol. The van der Waals surface area contributed by atoms with Crippen molar-refractivity contribution in [1.82, 2.24) is 0 Å². The fourth-order valence-electron chi connectivity index (χ4n) is 2.77. The van der Waals surface area contributed by atoms with E-state index in [0.29, 0.717) is 12.1 Å². The smallest absolute Gasteiger partial charge is 0.384 e. The van der Waals surface area contributed by atoms with Gasteiger partial charge in [0.1, 0.15) is 0 Å². The highest BCUT2D eigenvalue weighted by Gasteiger charge is 3.00. The van der Waals surface area contributed by atoms with Crippen molar-refractivity contribution >= 4 is 5.69 Å². The van der Waals surface area contributed by atoms with Crippen LogP contribution in [0.25, 0.3) is 0 Å². The van der Waals surface area contributed by atoms with Gasteiger partial charge in [-0.05, 0) is 5.56 Å². The summed E-state index contributed by atoms with van der Waals surface area (Å²) in [6.45, 7) is 0. The molecule has 0 aromatic heterocycles. The molecule has 1 atom stereocenters. The molecule has 0 bridgehead atoms. The van der Waals surface area contributed by atoms with E-state index in [0.717, 1.165) is 12.1 Å². The van der Waals surface area contributed by atoms with Crippen LogP contribution in [0.1, 0.15) is 18.1 Å². The van der Waals surface area contributed by atoms with Crippen LogP contribution < -0.4 is 0 Å². The Morgan fingerprint density at radius 1 is 0.828 bits per heavy atom. The molecule has 0 heterocycles. The van der Waals surface area contributed by atoms with Crippen LogP contribution in [0.15, 0.2) is 24.3 Å². The number of non-ortho nitro benzene ring substituents is 1. The normalized spacial score (nSPS) is 26.5. The molecule has 29 heavy (non-hydrogen) atoms. The van der Waals surface area contributed by atoms with Crippen LogP contribution in [0.3, 0.4) is 0 Å². The zero-order valence-electron chi connectivity index (χ0n) is 13.5. The third kappa shape index (κ3) is 2.61. The molecular weight excluding hydrogens is 439 g/mol. The summed E-state index contributed by atoms with van der Waals surface area (Å²) in [6.07, 6.45) is -5.91. The number of rotatable bonds is 4. The van der Waals surface area contributed by atoms with Crippen molar-refractivity contribution in [2.24, 2.45) is 0 Å². The predicted octanol–water partition coefficient (Wildman–Crippen LogP) is 4.92. The first-order valence-corrected chi connectivity index (χ1v) is 7.30. The van der Waals surface area contributed by atoms with Crippen molar-refractivity contribution in [2.75, 3.05) is 0 Å². The number of benzene rings is 1. The maximum Gasteiger partial charge on any atom is 0.384 e. The van der Waals surface area contributed by atoms with E-state index in [1.54, 1.807) is 0 Å². The highest BCUT2D eigenvalue weighted by atomic mass is 19.4. The number of hydrogen-bond acceptors (Lipinski definition) is 3. The van der Waals surface area contributed by atoms with E-state index in [1.807, 2.05) is 0 Å². The summed E-state index contributed by atoms with van der Waals surface area (Å²) in [7, 11) is 0. The summed E-state index contributed by atoms with van der Waals surface area (Å²) < 4.78 is 150. The molecule has 0 aliphatic heterocycles. The summed E-state index contributed by atoms with van der Waals surface area (Å²) in [5, 5.41) is 20.3. The van der Waals surface area contributed by atoms with Gasteiger partial charge in [0.2, 0.25) is 0 Å². The van der Waals surface area contributed by atoms with Gasteiger partial charge in [-0.15, -0.1) is 0 Å². The average Bonchev–Trinajstić information content (AvgIpc) is 2.59. The molecule has 1 aliphatic carbocycles. The zero-order chi connectivity index (χ0) is 22.8. The molecule has 1 aromatic rings. The number of alkyl halides is 11. The van der Waals surface area contributed by atoms with Crippen LogP contribution >= 0.6 is 0 Å².